The van der Waals surface area contributed by atoms with Gasteiger partial charge in [0.2, 0.25) is 0 Å². The minimum Gasteiger partial charge on any atom is -0.328 e. The summed E-state index contributed by atoms with van der Waals surface area (Å²) in [6, 6.07) is 0. The van der Waals surface area contributed by atoms with E-state index in [1.165, 1.54) is 7.11 Å². The van der Waals surface area contributed by atoms with Gasteiger partial charge in [0.15, 0.2) is 0 Å². The van der Waals surface area contributed by atoms with Gasteiger partial charge in [-0.2, -0.15) is 0 Å². The van der Waals surface area contributed by atoms with Crippen LogP contribution in [0.25, 0.3) is 0 Å². The standard InChI is InChI=1S/CH5NO.H4N2.HNO3/c1-3-2;1-2;2-1(3)4/h2H2,1H3;1-2H2;(H,2,3,4). The van der Waals surface area contributed by atoms with Crippen LogP contribution in [-0.4, -0.2) is 17.4 Å². The third-order valence-electron chi connectivity index (χ3n) is 0. The molecule has 0 aliphatic carbocycles. The molecule has 0 bridgehead atoms. The summed E-state index contributed by atoms with van der Waals surface area (Å²) in [6.07, 6.45) is 0. The Morgan fingerprint density at radius 1 is 1.67 bits per heavy atom. The Labute approximate surface area is 51.2 Å². The highest BCUT2D eigenvalue weighted by atomic mass is 16.9. The van der Waals surface area contributed by atoms with Crippen LogP contribution in [0.5, 0.6) is 0 Å². The molecule has 0 radical (unpaired) electrons. The van der Waals surface area contributed by atoms with Crippen LogP contribution in [0.15, 0.2) is 0 Å². The van der Waals surface area contributed by atoms with E-state index in [9.17, 15) is 0 Å². The molecule has 58 valence electrons. The smallest absolute Gasteiger partial charge is 0.291 e. The number of hydrogen-bond acceptors (Lipinski definition) is 6. The average Bonchev–Trinajstić information content (AvgIpc) is 1.71. The van der Waals surface area contributed by atoms with Crippen LogP contribution in [0.4, 0.5) is 0 Å². The zero-order valence-electron chi connectivity index (χ0n) is 4.85. The SMILES string of the molecule is CON.NN.O=[N+]([O-])O. The quantitative estimate of drug-likeness (QED) is 0.173. The monoisotopic (exact) mass is 142 g/mol. The van der Waals surface area contributed by atoms with Crippen molar-refractivity contribution in [3.63, 3.8) is 0 Å². The van der Waals surface area contributed by atoms with Crippen molar-refractivity contribution in [2.24, 2.45) is 17.6 Å². The fraction of sp³-hybridized carbons (Fsp3) is 1.00. The van der Waals surface area contributed by atoms with Crippen molar-refractivity contribution in [2.45, 2.75) is 0 Å². The molecule has 0 spiro atoms. The normalized spacial score (nSPS) is 5.33. The number of nitrogens with two attached hydrogens (primary N) is 3. The minimum atomic E-state index is -1.50. The zero-order chi connectivity index (χ0) is 8.28. The molecular weight excluding hydrogens is 132 g/mol. The maximum atomic E-state index is 8.36. The summed E-state index contributed by atoms with van der Waals surface area (Å²) in [6.45, 7) is 0. The van der Waals surface area contributed by atoms with Gasteiger partial charge in [-0.1, -0.05) is 0 Å². The van der Waals surface area contributed by atoms with Gasteiger partial charge in [0, 0.05) is 0 Å². The van der Waals surface area contributed by atoms with E-state index in [4.69, 9.17) is 15.3 Å². The fourth-order valence-electron chi connectivity index (χ4n) is 0. The highest BCUT2D eigenvalue weighted by Gasteiger charge is 1.65. The summed E-state index contributed by atoms with van der Waals surface area (Å²) in [4.78, 5) is 12.1. The van der Waals surface area contributed by atoms with Crippen molar-refractivity contribution in [2.75, 3.05) is 7.11 Å². The molecule has 0 fully saturated rings. The Balaban J connectivity index is -0.0000000646. The lowest BCUT2D eigenvalue weighted by atomic mass is 11.7. The van der Waals surface area contributed by atoms with E-state index in [2.05, 4.69) is 22.4 Å². The van der Waals surface area contributed by atoms with Crippen LogP contribution in [0.2, 0.25) is 0 Å². The van der Waals surface area contributed by atoms with E-state index >= 15 is 0 Å². The lowest BCUT2D eigenvalue weighted by Gasteiger charge is -1.62. The van der Waals surface area contributed by atoms with Gasteiger partial charge < -0.3 is 10.0 Å². The molecule has 8 nitrogen and oxygen atoms in total. The molecule has 0 aromatic heterocycles. The van der Waals surface area contributed by atoms with Crippen LogP contribution in [0, 0.1) is 10.1 Å². The lowest BCUT2D eigenvalue weighted by Crippen LogP contribution is -2.02. The summed E-state index contributed by atoms with van der Waals surface area (Å²) in [5, 5.41) is 13.6. The van der Waals surface area contributed by atoms with Crippen LogP contribution in [0.3, 0.4) is 0 Å². The molecule has 0 aromatic rings. The van der Waals surface area contributed by atoms with Crippen molar-refractivity contribution in [3.05, 3.63) is 10.1 Å². The van der Waals surface area contributed by atoms with Crippen molar-refractivity contribution in [1.29, 1.82) is 0 Å². The van der Waals surface area contributed by atoms with Crippen molar-refractivity contribution >= 4 is 0 Å². The molecule has 0 aromatic carbocycles. The third-order valence-corrected chi connectivity index (χ3v) is 0. The summed E-state index contributed by atoms with van der Waals surface area (Å²) in [5.41, 5.74) is 0. The first-order valence-electron chi connectivity index (χ1n) is 1.54. The van der Waals surface area contributed by atoms with Gasteiger partial charge in [-0.25, -0.2) is 5.90 Å². The first kappa shape index (κ1) is 15.7. The maximum Gasteiger partial charge on any atom is 0.291 e. The largest absolute Gasteiger partial charge is 0.328 e. The third kappa shape index (κ3) is 194. The first-order valence-corrected chi connectivity index (χ1v) is 1.54. The van der Waals surface area contributed by atoms with E-state index in [1.54, 1.807) is 0 Å². The first-order chi connectivity index (χ1) is 4.15. The predicted octanol–water partition coefficient (Wildman–Crippen LogP) is -2.02. The second-order valence-corrected chi connectivity index (χ2v) is 0.474. The highest BCUT2D eigenvalue weighted by Crippen LogP contribution is 1.38. The van der Waals surface area contributed by atoms with E-state index in [-0.39, 0.29) is 0 Å². The average molecular weight is 142 g/mol. The molecule has 0 unspecified atom stereocenters. The van der Waals surface area contributed by atoms with Gasteiger partial charge in [-0.3, -0.25) is 11.7 Å². The molecule has 8 heteroatoms. The molecular formula is CH10N4O4. The molecule has 0 aliphatic rings. The minimum absolute atomic E-state index is 1.40. The number of rotatable bonds is 0. The van der Waals surface area contributed by atoms with Crippen molar-refractivity contribution in [1.82, 2.24) is 0 Å². The second kappa shape index (κ2) is 27.8. The molecule has 0 saturated heterocycles. The van der Waals surface area contributed by atoms with Gasteiger partial charge in [0.05, 0.1) is 7.11 Å². The van der Waals surface area contributed by atoms with Gasteiger partial charge in [-0.15, -0.1) is 10.1 Å². The van der Waals surface area contributed by atoms with Crippen LogP contribution in [-0.2, 0) is 4.84 Å². The molecule has 0 amide bonds. The van der Waals surface area contributed by atoms with Crippen LogP contribution in [0.1, 0.15) is 0 Å². The van der Waals surface area contributed by atoms with E-state index in [0.29, 0.717) is 0 Å². The molecule has 0 atom stereocenters. The van der Waals surface area contributed by atoms with Gasteiger partial charge in [-0.05, 0) is 0 Å². The Hall–Kier alpha value is -0.960. The topological polar surface area (TPSA) is 151 Å². The van der Waals surface area contributed by atoms with Crippen LogP contribution >= 0.6 is 0 Å². The summed E-state index contributed by atoms with van der Waals surface area (Å²) in [7, 11) is 1.40. The number of hydrogen-bond donors (Lipinski definition) is 4. The fourth-order valence-corrected chi connectivity index (χ4v) is 0. The molecule has 9 heavy (non-hydrogen) atoms. The Bertz CT molecular complexity index is 43.8. The predicted molar refractivity (Wildman–Crippen MR) is 28.4 cm³/mol. The van der Waals surface area contributed by atoms with Gasteiger partial charge >= 0.3 is 0 Å². The zero-order valence-corrected chi connectivity index (χ0v) is 4.85. The van der Waals surface area contributed by atoms with E-state index in [0.717, 1.165) is 0 Å². The Morgan fingerprint density at radius 3 is 1.67 bits per heavy atom. The Kier molecular flexibility index (Phi) is 48.4. The van der Waals surface area contributed by atoms with Crippen molar-refractivity contribution < 1.29 is 15.1 Å². The molecule has 0 rings (SSSR count). The maximum absolute atomic E-state index is 8.36. The summed E-state index contributed by atoms with van der Waals surface area (Å²) in [5.74, 6) is 12.3. The molecule has 0 aliphatic heterocycles. The highest BCUT2D eigenvalue weighted by molar-refractivity contribution is 3.83. The molecule has 7 N–H and O–H groups in total. The molecule has 0 heterocycles. The van der Waals surface area contributed by atoms with Gasteiger partial charge in [0.1, 0.15) is 0 Å². The van der Waals surface area contributed by atoms with Crippen LogP contribution < -0.4 is 17.6 Å². The number of nitrogens with zero attached hydrogens (tertiary/aromatic N) is 1. The Morgan fingerprint density at radius 2 is 1.67 bits per heavy atom. The van der Waals surface area contributed by atoms with Gasteiger partial charge in [0.25, 0.3) is 5.09 Å². The summed E-state index contributed by atoms with van der Waals surface area (Å²) < 4.78 is 0. The molecule has 0 saturated carbocycles. The second-order valence-electron chi connectivity index (χ2n) is 0.474. The summed E-state index contributed by atoms with van der Waals surface area (Å²) >= 11 is 0. The number of hydrazine groups is 1. The van der Waals surface area contributed by atoms with Crippen molar-refractivity contribution in [3.8, 4) is 0 Å². The lowest BCUT2D eigenvalue weighted by molar-refractivity contribution is -0.742. The van der Waals surface area contributed by atoms with E-state index < -0.39 is 5.09 Å². The van der Waals surface area contributed by atoms with E-state index in [1.807, 2.05) is 0 Å².